The first-order chi connectivity index (χ1) is 12.6. The van der Waals surface area contributed by atoms with Crippen molar-refractivity contribution in [3.8, 4) is 28.3 Å². The summed E-state index contributed by atoms with van der Waals surface area (Å²) in [7, 11) is 0. The fourth-order valence-electron chi connectivity index (χ4n) is 2.50. The van der Waals surface area contributed by atoms with Crippen LogP contribution in [0.2, 0.25) is 0 Å². The van der Waals surface area contributed by atoms with E-state index >= 15 is 0 Å². The molecule has 0 aliphatic rings. The van der Waals surface area contributed by atoms with Gasteiger partial charge in [0.15, 0.2) is 5.82 Å². The van der Waals surface area contributed by atoms with Crippen LogP contribution in [0.1, 0.15) is 30.4 Å². The highest BCUT2D eigenvalue weighted by Gasteiger charge is 2.15. The zero-order valence-electron chi connectivity index (χ0n) is 14.2. The Kier molecular flexibility index (Phi) is 5.26. The number of benzene rings is 2. The molecule has 0 aliphatic heterocycles. The summed E-state index contributed by atoms with van der Waals surface area (Å²) in [6.07, 6.45) is 1.91. The highest BCUT2D eigenvalue weighted by atomic mass is 19.1. The van der Waals surface area contributed by atoms with Crippen LogP contribution < -0.4 is 4.74 Å². The van der Waals surface area contributed by atoms with Crippen molar-refractivity contribution in [1.82, 2.24) is 15.2 Å². The van der Waals surface area contributed by atoms with E-state index < -0.39 is 11.8 Å². The Morgan fingerprint density at radius 3 is 2.77 bits per heavy atom. The van der Waals surface area contributed by atoms with Crippen molar-refractivity contribution < 1.29 is 19.0 Å². The minimum absolute atomic E-state index is 0.188. The first-order valence-electron chi connectivity index (χ1n) is 8.28. The van der Waals surface area contributed by atoms with Crippen LogP contribution in [-0.4, -0.2) is 32.9 Å². The normalized spacial score (nSPS) is 10.7. The summed E-state index contributed by atoms with van der Waals surface area (Å²) < 4.78 is 20.3. The number of aromatic nitrogens is 3. The molecule has 1 heterocycles. The second-order valence-electron chi connectivity index (χ2n) is 5.71. The predicted molar refractivity (Wildman–Crippen MR) is 94.6 cm³/mol. The van der Waals surface area contributed by atoms with Gasteiger partial charge in [-0.1, -0.05) is 31.5 Å². The van der Waals surface area contributed by atoms with Crippen molar-refractivity contribution in [2.24, 2.45) is 0 Å². The molecule has 26 heavy (non-hydrogen) atoms. The van der Waals surface area contributed by atoms with Gasteiger partial charge in [0.2, 0.25) is 5.82 Å². The lowest BCUT2D eigenvalue weighted by atomic mass is 10.0. The molecule has 2 N–H and O–H groups in total. The Morgan fingerprint density at radius 1 is 1.23 bits per heavy atom. The molecule has 7 heteroatoms. The van der Waals surface area contributed by atoms with Crippen molar-refractivity contribution in [3.05, 3.63) is 54.1 Å². The standard InChI is InChI=1S/C19H18FN3O3/c1-2-3-10-26-16-7-5-4-6-13(16)14-11-12(8-9-15(14)20)17-21-18(19(24)25)23-22-17/h4-9,11H,2-3,10H2,1H3,(H,24,25)(H,21,22,23). The fourth-order valence-corrected chi connectivity index (χ4v) is 2.50. The van der Waals surface area contributed by atoms with Crippen molar-refractivity contribution >= 4 is 5.97 Å². The van der Waals surface area contributed by atoms with Crippen molar-refractivity contribution in [2.45, 2.75) is 19.8 Å². The predicted octanol–water partition coefficient (Wildman–Crippen LogP) is 4.15. The molecule has 3 rings (SSSR count). The summed E-state index contributed by atoms with van der Waals surface area (Å²) in [5.74, 6) is -1.10. The van der Waals surface area contributed by atoms with Crippen LogP contribution in [0.3, 0.4) is 0 Å². The number of hydrogen-bond donors (Lipinski definition) is 2. The summed E-state index contributed by atoms with van der Waals surface area (Å²) in [4.78, 5) is 14.9. The molecule has 0 unspecified atom stereocenters. The SMILES string of the molecule is CCCCOc1ccccc1-c1cc(-c2n[nH]c(C(=O)O)n2)ccc1F. The number of para-hydroxylation sites is 1. The van der Waals surface area contributed by atoms with Gasteiger partial charge in [-0.2, -0.15) is 5.10 Å². The van der Waals surface area contributed by atoms with Crippen LogP contribution in [0.5, 0.6) is 5.75 Å². The van der Waals surface area contributed by atoms with E-state index in [4.69, 9.17) is 9.84 Å². The molecular weight excluding hydrogens is 337 g/mol. The number of aromatic carboxylic acids is 1. The van der Waals surface area contributed by atoms with Gasteiger partial charge < -0.3 is 9.84 Å². The Morgan fingerprint density at radius 2 is 2.04 bits per heavy atom. The summed E-state index contributed by atoms with van der Waals surface area (Å²) in [6, 6.07) is 11.6. The summed E-state index contributed by atoms with van der Waals surface area (Å²) in [5, 5.41) is 15.2. The largest absolute Gasteiger partial charge is 0.493 e. The number of hydrogen-bond acceptors (Lipinski definition) is 4. The van der Waals surface area contributed by atoms with Crippen molar-refractivity contribution in [2.75, 3.05) is 6.61 Å². The fraction of sp³-hybridized carbons (Fsp3) is 0.211. The monoisotopic (exact) mass is 355 g/mol. The number of carboxylic acids is 1. The number of ether oxygens (including phenoxy) is 1. The van der Waals surface area contributed by atoms with Crippen LogP contribution in [-0.2, 0) is 0 Å². The maximum atomic E-state index is 14.5. The third kappa shape index (κ3) is 3.72. The van der Waals surface area contributed by atoms with Gasteiger partial charge in [-0.05, 0) is 30.7 Å². The van der Waals surface area contributed by atoms with E-state index in [0.717, 1.165) is 12.8 Å². The van der Waals surface area contributed by atoms with E-state index in [1.165, 1.54) is 12.1 Å². The molecule has 0 aliphatic carbocycles. The van der Waals surface area contributed by atoms with Gasteiger partial charge in [-0.25, -0.2) is 14.2 Å². The van der Waals surface area contributed by atoms with E-state index in [9.17, 15) is 9.18 Å². The molecule has 0 saturated heterocycles. The highest BCUT2D eigenvalue weighted by Crippen LogP contribution is 2.34. The summed E-state index contributed by atoms with van der Waals surface area (Å²) in [6.45, 7) is 2.62. The quantitative estimate of drug-likeness (QED) is 0.622. The molecule has 0 fully saturated rings. The van der Waals surface area contributed by atoms with Gasteiger partial charge in [0.05, 0.1) is 6.61 Å². The summed E-state index contributed by atoms with van der Waals surface area (Å²) in [5.41, 5.74) is 1.47. The lowest BCUT2D eigenvalue weighted by molar-refractivity contribution is 0.0684. The molecular formula is C19H18FN3O3. The van der Waals surface area contributed by atoms with Gasteiger partial charge in [0.1, 0.15) is 11.6 Å². The third-order valence-corrected chi connectivity index (χ3v) is 3.85. The van der Waals surface area contributed by atoms with Crippen molar-refractivity contribution in [3.63, 3.8) is 0 Å². The van der Waals surface area contributed by atoms with Crippen LogP contribution >= 0.6 is 0 Å². The second-order valence-corrected chi connectivity index (χ2v) is 5.71. The Balaban J connectivity index is 1.99. The maximum Gasteiger partial charge on any atom is 0.373 e. The lowest BCUT2D eigenvalue weighted by Gasteiger charge is -2.12. The Labute approximate surface area is 149 Å². The van der Waals surface area contributed by atoms with Gasteiger partial charge >= 0.3 is 5.97 Å². The molecule has 134 valence electrons. The van der Waals surface area contributed by atoms with Crippen LogP contribution in [0.25, 0.3) is 22.5 Å². The van der Waals surface area contributed by atoms with E-state index in [1.54, 1.807) is 18.2 Å². The first-order valence-corrected chi connectivity index (χ1v) is 8.28. The average molecular weight is 355 g/mol. The number of carboxylic acid groups (broad SMARTS) is 1. The number of aromatic amines is 1. The zero-order valence-corrected chi connectivity index (χ0v) is 14.2. The number of halogens is 1. The molecule has 6 nitrogen and oxygen atoms in total. The number of rotatable bonds is 7. The van der Waals surface area contributed by atoms with Gasteiger partial charge in [0, 0.05) is 16.7 Å². The lowest BCUT2D eigenvalue weighted by Crippen LogP contribution is -1.99. The molecule has 0 amide bonds. The second kappa shape index (κ2) is 7.77. The Bertz CT molecular complexity index is 924. The maximum absolute atomic E-state index is 14.5. The number of nitrogens with one attached hydrogen (secondary N) is 1. The van der Waals surface area contributed by atoms with Gasteiger partial charge in [-0.15, -0.1) is 0 Å². The van der Waals surface area contributed by atoms with Gasteiger partial charge in [0.25, 0.3) is 0 Å². The number of unbranched alkanes of at least 4 members (excludes halogenated alkanes) is 1. The molecule has 0 bridgehead atoms. The minimum Gasteiger partial charge on any atom is -0.493 e. The molecule has 0 atom stereocenters. The molecule has 0 spiro atoms. The summed E-state index contributed by atoms with van der Waals surface area (Å²) >= 11 is 0. The molecule has 0 radical (unpaired) electrons. The van der Waals surface area contributed by atoms with E-state index in [0.29, 0.717) is 29.0 Å². The van der Waals surface area contributed by atoms with Gasteiger partial charge in [-0.3, -0.25) is 5.10 Å². The van der Waals surface area contributed by atoms with E-state index in [2.05, 4.69) is 22.1 Å². The molecule has 3 aromatic rings. The first kappa shape index (κ1) is 17.6. The number of nitrogens with zero attached hydrogens (tertiary/aromatic N) is 2. The van der Waals surface area contributed by atoms with Crippen molar-refractivity contribution in [1.29, 1.82) is 0 Å². The zero-order chi connectivity index (χ0) is 18.5. The number of H-pyrrole nitrogens is 1. The smallest absolute Gasteiger partial charge is 0.373 e. The van der Waals surface area contributed by atoms with E-state index in [-0.39, 0.29) is 11.6 Å². The van der Waals surface area contributed by atoms with E-state index in [1.807, 2.05) is 12.1 Å². The van der Waals surface area contributed by atoms with Crippen LogP contribution in [0, 0.1) is 5.82 Å². The molecule has 0 saturated carbocycles. The molecule has 2 aromatic carbocycles. The molecule has 1 aromatic heterocycles. The van der Waals surface area contributed by atoms with Crippen LogP contribution in [0.15, 0.2) is 42.5 Å². The third-order valence-electron chi connectivity index (χ3n) is 3.85. The average Bonchev–Trinajstić information content (AvgIpc) is 3.13. The highest BCUT2D eigenvalue weighted by molar-refractivity contribution is 5.84. The minimum atomic E-state index is -1.21. The van der Waals surface area contributed by atoms with Crippen LogP contribution in [0.4, 0.5) is 4.39 Å². The topological polar surface area (TPSA) is 88.1 Å². The number of carbonyl (C=O) groups is 1. The Hall–Kier alpha value is -3.22.